The number of ketones is 1. The predicted octanol–water partition coefficient (Wildman–Crippen LogP) is 3.02. The first-order valence-electron chi connectivity index (χ1n) is 17.8. The van der Waals surface area contributed by atoms with Gasteiger partial charge in [0.25, 0.3) is 5.97 Å². The second-order valence-corrected chi connectivity index (χ2v) is 17.8. The van der Waals surface area contributed by atoms with Crippen LogP contribution in [0.3, 0.4) is 0 Å². The number of carbonyl (C=O) groups is 4. The van der Waals surface area contributed by atoms with Crippen LogP contribution in [0, 0.1) is 39.9 Å². The Bertz CT molecular complexity index is 1800. The molecule has 3 aliphatic heterocycles. The number of ether oxygens (including phenoxy) is 6. The van der Waals surface area contributed by atoms with Crippen molar-refractivity contribution in [2.75, 3.05) is 7.11 Å². The first kappa shape index (κ1) is 33.0. The van der Waals surface area contributed by atoms with Crippen LogP contribution < -0.4 is 0 Å². The molecular weight excluding hydrogens is 652 g/mol. The largest absolute Gasteiger partial charge is 0.469 e. The van der Waals surface area contributed by atoms with Crippen LogP contribution in [0.15, 0.2) is 16.7 Å². The predicted molar refractivity (Wildman–Crippen MR) is 166 cm³/mol. The standard InChI is InChI=1S/C37H46O13/c1-16(2)21(39)35-23-18(10-13-45-23)22(46-24(40)17(3)4)29(5)11-12-33-31(7)19(14-20(38)44-9)30(6)15-34(31)36(43,26(30)41)27(47-28(35)42)37(33,25(29)35)50-32(8,48-33)49-34/h10,13,16-17,19,22,25-27,41,43H,11-12,14-15H2,1-9H3/t19-,22-,25-,26-,27+,29-,30-,31-,32?,33-,34+,35+,36-,37+/m0/s1. The highest BCUT2D eigenvalue weighted by Crippen LogP contribution is 2.91. The molecule has 3 spiro atoms. The zero-order valence-corrected chi connectivity index (χ0v) is 29.9. The molecule has 50 heavy (non-hydrogen) atoms. The van der Waals surface area contributed by atoms with Crippen molar-refractivity contribution in [1.29, 1.82) is 0 Å². The zero-order valence-electron chi connectivity index (χ0n) is 29.9. The Labute approximate surface area is 289 Å². The van der Waals surface area contributed by atoms with E-state index in [4.69, 9.17) is 32.8 Å². The van der Waals surface area contributed by atoms with Crippen molar-refractivity contribution in [2.24, 2.45) is 39.9 Å². The monoisotopic (exact) mass is 698 g/mol. The van der Waals surface area contributed by atoms with E-state index in [0.717, 1.165) is 0 Å². The lowest BCUT2D eigenvalue weighted by Gasteiger charge is -2.79. The number of esters is 3. The van der Waals surface area contributed by atoms with Crippen molar-refractivity contribution in [1.82, 2.24) is 0 Å². The Balaban J connectivity index is 1.41. The molecule has 2 N–H and O–H groups in total. The van der Waals surface area contributed by atoms with Crippen LogP contribution in [-0.4, -0.2) is 81.6 Å². The molecule has 4 saturated carbocycles. The topological polar surface area (TPSA) is 177 Å². The molecule has 1 aromatic rings. The summed E-state index contributed by atoms with van der Waals surface area (Å²) in [6.07, 6.45) is -2.27. The number of fused-ring (bicyclic) bond motifs is 5. The summed E-state index contributed by atoms with van der Waals surface area (Å²) in [6.45, 7) is 14.1. The van der Waals surface area contributed by atoms with E-state index in [1.807, 2.05) is 20.8 Å². The summed E-state index contributed by atoms with van der Waals surface area (Å²) >= 11 is 0. The average molecular weight is 699 g/mol. The number of hydrogen-bond acceptors (Lipinski definition) is 13. The van der Waals surface area contributed by atoms with Gasteiger partial charge in [0, 0.05) is 47.0 Å². The van der Waals surface area contributed by atoms with Gasteiger partial charge in [0.05, 0.1) is 25.4 Å². The van der Waals surface area contributed by atoms with E-state index in [9.17, 15) is 19.8 Å². The quantitative estimate of drug-likeness (QED) is 0.252. The van der Waals surface area contributed by atoms with E-state index in [-0.39, 0.29) is 31.4 Å². The summed E-state index contributed by atoms with van der Waals surface area (Å²) in [7, 11) is 1.30. The molecule has 0 aromatic carbocycles. The molecule has 5 aliphatic carbocycles. The van der Waals surface area contributed by atoms with Gasteiger partial charge in [-0.05, 0) is 31.2 Å². The van der Waals surface area contributed by atoms with Gasteiger partial charge in [0.15, 0.2) is 22.9 Å². The van der Waals surface area contributed by atoms with Crippen LogP contribution in [0.2, 0.25) is 0 Å². The van der Waals surface area contributed by atoms with E-state index >= 15 is 9.59 Å². The van der Waals surface area contributed by atoms with Crippen LogP contribution in [0.25, 0.3) is 0 Å². The van der Waals surface area contributed by atoms with Crippen molar-refractivity contribution in [3.63, 3.8) is 0 Å². The Morgan fingerprint density at radius 1 is 0.980 bits per heavy atom. The fourth-order valence-electron chi connectivity index (χ4n) is 13.8. The maximum atomic E-state index is 15.2. The van der Waals surface area contributed by atoms with Crippen LogP contribution in [-0.2, 0) is 53.0 Å². The molecule has 7 fully saturated rings. The second-order valence-electron chi connectivity index (χ2n) is 17.8. The average Bonchev–Trinajstić information content (AvgIpc) is 3.71. The normalized spacial score (nSPS) is 54.0. The summed E-state index contributed by atoms with van der Waals surface area (Å²) in [5, 5.41) is 25.9. The number of aliphatic hydroxyl groups excluding tert-OH is 1. The summed E-state index contributed by atoms with van der Waals surface area (Å²) in [6, 6.07) is 1.63. The molecule has 272 valence electrons. The van der Waals surface area contributed by atoms with Crippen molar-refractivity contribution in [3.05, 3.63) is 23.7 Å². The van der Waals surface area contributed by atoms with Gasteiger partial charge in [-0.15, -0.1) is 0 Å². The van der Waals surface area contributed by atoms with Gasteiger partial charge < -0.3 is 43.1 Å². The highest BCUT2D eigenvalue weighted by Gasteiger charge is 3.05. The van der Waals surface area contributed by atoms with E-state index in [1.54, 1.807) is 40.7 Å². The van der Waals surface area contributed by atoms with Crippen LogP contribution in [0.5, 0.6) is 0 Å². The third kappa shape index (κ3) is 2.77. The molecule has 0 amide bonds. The fourth-order valence-corrected chi connectivity index (χ4v) is 13.8. The molecule has 1 aromatic heterocycles. The maximum Gasteiger partial charge on any atom is 0.328 e. The smallest absolute Gasteiger partial charge is 0.328 e. The number of Topliss-reactive ketones (excluding diaryl/α,β-unsaturated/α-hetero) is 1. The molecule has 0 radical (unpaired) electrons. The number of aliphatic hydroxyl groups is 2. The second kappa shape index (κ2) is 8.85. The summed E-state index contributed by atoms with van der Waals surface area (Å²) in [5.41, 5.74) is -12.6. The van der Waals surface area contributed by atoms with Gasteiger partial charge in [-0.3, -0.25) is 19.2 Å². The minimum atomic E-state index is -2.28. The summed E-state index contributed by atoms with van der Waals surface area (Å²) < 4.78 is 45.4. The maximum absolute atomic E-state index is 15.2. The summed E-state index contributed by atoms with van der Waals surface area (Å²) in [5.74, 6) is -7.36. The lowest BCUT2D eigenvalue weighted by molar-refractivity contribution is -0.480. The van der Waals surface area contributed by atoms with Gasteiger partial charge in [0.2, 0.25) is 0 Å². The molecule has 8 aliphatic rings. The van der Waals surface area contributed by atoms with Gasteiger partial charge in [-0.2, -0.15) is 0 Å². The Hall–Kier alpha value is -2.84. The SMILES string of the molecule is COC(=O)C[C@H]1[C@]2(C)C[C@]34OC5(C)O[C@]67[C@@H]8[C@](C(=O)C(C)C)(C(=O)O[C@@H]6[C@@]3(O)[C@H]2O)c2occc2[C@H](OC(=O)C(C)C)[C@]8(C)CC[C@]7(O5)[C@]14C. The Kier molecular flexibility index (Phi) is 5.84. The zero-order chi connectivity index (χ0) is 36.2. The Morgan fingerprint density at radius 3 is 2.30 bits per heavy atom. The molecular formula is C37H46O13. The summed E-state index contributed by atoms with van der Waals surface area (Å²) in [4.78, 5) is 57.0. The minimum absolute atomic E-state index is 0.00302. The van der Waals surface area contributed by atoms with E-state index in [1.165, 1.54) is 13.4 Å². The van der Waals surface area contributed by atoms with Gasteiger partial charge in [-0.1, -0.05) is 48.5 Å². The van der Waals surface area contributed by atoms with Crippen molar-refractivity contribution >= 4 is 23.7 Å². The highest BCUT2D eigenvalue weighted by molar-refractivity contribution is 6.12. The van der Waals surface area contributed by atoms with E-state index in [0.29, 0.717) is 5.56 Å². The lowest BCUT2D eigenvalue weighted by Crippen LogP contribution is -2.96. The molecule has 4 heterocycles. The van der Waals surface area contributed by atoms with Crippen molar-refractivity contribution < 1.29 is 62.2 Å². The van der Waals surface area contributed by atoms with Gasteiger partial charge >= 0.3 is 17.9 Å². The third-order valence-corrected chi connectivity index (χ3v) is 15.2. The first-order chi connectivity index (χ1) is 23.2. The molecule has 14 atom stereocenters. The molecule has 1 unspecified atom stereocenters. The van der Waals surface area contributed by atoms with Crippen molar-refractivity contribution in [2.45, 2.75) is 133 Å². The Morgan fingerprint density at radius 2 is 1.66 bits per heavy atom. The van der Waals surface area contributed by atoms with Crippen LogP contribution >= 0.6 is 0 Å². The molecule has 3 saturated heterocycles. The number of furan rings is 1. The van der Waals surface area contributed by atoms with Crippen molar-refractivity contribution in [3.8, 4) is 0 Å². The lowest BCUT2D eigenvalue weighted by atomic mass is 9.30. The van der Waals surface area contributed by atoms with E-state index in [2.05, 4.69) is 0 Å². The van der Waals surface area contributed by atoms with Crippen LogP contribution in [0.1, 0.15) is 98.5 Å². The van der Waals surface area contributed by atoms with Gasteiger partial charge in [0.1, 0.15) is 28.7 Å². The molecule has 4 bridgehead atoms. The fraction of sp³-hybridized carbons (Fsp3) is 0.784. The first-order valence-corrected chi connectivity index (χ1v) is 17.8. The number of methoxy groups -OCH3 is 1. The minimum Gasteiger partial charge on any atom is -0.469 e. The number of carbonyl (C=O) groups excluding carboxylic acids is 4. The third-order valence-electron chi connectivity index (χ3n) is 15.2. The molecule has 9 rings (SSSR count). The number of hydrogen-bond donors (Lipinski definition) is 2. The van der Waals surface area contributed by atoms with Gasteiger partial charge in [-0.25, -0.2) is 0 Å². The molecule has 13 heteroatoms. The molecule has 13 nitrogen and oxygen atoms in total. The highest BCUT2D eigenvalue weighted by atomic mass is 16.9. The van der Waals surface area contributed by atoms with E-state index < -0.39 is 116 Å². The number of rotatable bonds is 6. The van der Waals surface area contributed by atoms with Crippen LogP contribution in [0.4, 0.5) is 0 Å².